The van der Waals surface area contributed by atoms with Gasteiger partial charge in [-0.3, -0.25) is 5.10 Å². The van der Waals surface area contributed by atoms with E-state index in [4.69, 9.17) is 14.8 Å². The van der Waals surface area contributed by atoms with Gasteiger partial charge in [-0.25, -0.2) is 14.5 Å². The smallest absolute Gasteiger partial charge is 0.197 e. The van der Waals surface area contributed by atoms with E-state index in [9.17, 15) is 0 Å². The molecule has 1 N–H and O–H groups in total. The molecular formula is C27H34N8OS. The van der Waals surface area contributed by atoms with Crippen LogP contribution in [0.2, 0.25) is 0 Å². The molecule has 7 rings (SSSR count). The van der Waals surface area contributed by atoms with Gasteiger partial charge in [0, 0.05) is 55.5 Å². The summed E-state index contributed by atoms with van der Waals surface area (Å²) in [5.41, 5.74) is 6.33. The highest BCUT2D eigenvalue weighted by molar-refractivity contribution is 7.19. The summed E-state index contributed by atoms with van der Waals surface area (Å²) >= 11 is 1.77. The lowest BCUT2D eigenvalue weighted by Gasteiger charge is -2.61. The number of aryl methyl sites for hydroxylation is 1. The molecule has 4 aromatic rings. The Morgan fingerprint density at radius 3 is 2.73 bits per heavy atom. The van der Waals surface area contributed by atoms with E-state index in [1.165, 1.54) is 43.9 Å². The Bertz CT molecular complexity index is 1450. The number of hydrogen-bond donors (Lipinski definition) is 1. The molecule has 0 unspecified atom stereocenters. The minimum Gasteiger partial charge on any atom is -0.493 e. The van der Waals surface area contributed by atoms with Gasteiger partial charge in [0.05, 0.1) is 18.5 Å². The van der Waals surface area contributed by atoms with Crippen molar-refractivity contribution < 1.29 is 4.74 Å². The molecule has 1 aliphatic carbocycles. The van der Waals surface area contributed by atoms with Crippen molar-refractivity contribution in [3.8, 4) is 27.7 Å². The maximum absolute atomic E-state index is 5.59. The second-order valence-corrected chi connectivity index (χ2v) is 12.6. The molecule has 0 atom stereocenters. The minimum absolute atomic E-state index is 0.262. The molecule has 0 amide bonds. The number of fused-ring (bicyclic) bond motifs is 1. The second-order valence-electron chi connectivity index (χ2n) is 11.6. The van der Waals surface area contributed by atoms with Crippen LogP contribution in [-0.2, 0) is 0 Å². The third-order valence-electron chi connectivity index (χ3n) is 8.40. The molecule has 9 nitrogen and oxygen atoms in total. The number of pyridine rings is 1. The summed E-state index contributed by atoms with van der Waals surface area (Å²) in [5, 5.41) is 14.7. The zero-order valence-corrected chi connectivity index (χ0v) is 22.8. The fourth-order valence-electron chi connectivity index (χ4n) is 6.44. The molecule has 37 heavy (non-hydrogen) atoms. The van der Waals surface area contributed by atoms with Crippen LogP contribution < -0.4 is 9.64 Å². The number of nitrogens with zero attached hydrogens (tertiary/aromatic N) is 7. The van der Waals surface area contributed by atoms with E-state index >= 15 is 0 Å². The first-order valence-electron chi connectivity index (χ1n) is 13.3. The summed E-state index contributed by atoms with van der Waals surface area (Å²) in [6, 6.07) is 2.00. The Morgan fingerprint density at radius 1 is 1.22 bits per heavy atom. The van der Waals surface area contributed by atoms with E-state index in [1.54, 1.807) is 29.3 Å². The van der Waals surface area contributed by atoms with Crippen LogP contribution in [0.25, 0.3) is 27.6 Å². The third kappa shape index (κ3) is 3.75. The standard InChI is InChI=1S/C27H34N8OS/c1-16(2)21-22(19-8-20(36-4)24-28-15-29-35(24)10-19)31-32-23(21)25-30-17(3)26(37-25)34-13-27(14-34)11-33(12-27)9-18-6-5-7-18/h8,10,15-16,18H,5-7,9,11-14H2,1-4H3,(H,31,32). The van der Waals surface area contributed by atoms with Crippen LogP contribution in [0.3, 0.4) is 0 Å². The molecular weight excluding hydrogens is 484 g/mol. The molecule has 3 aliphatic rings. The number of aromatic amines is 1. The number of rotatable bonds is 7. The van der Waals surface area contributed by atoms with Crippen molar-refractivity contribution in [3.05, 3.63) is 29.8 Å². The third-order valence-corrected chi connectivity index (χ3v) is 9.63. The van der Waals surface area contributed by atoms with Gasteiger partial charge < -0.3 is 14.5 Å². The molecule has 0 bridgehead atoms. The Balaban J connectivity index is 1.14. The van der Waals surface area contributed by atoms with Crippen molar-refractivity contribution in [3.63, 3.8) is 0 Å². The number of anilines is 1. The molecule has 0 radical (unpaired) electrons. The monoisotopic (exact) mass is 518 g/mol. The van der Waals surface area contributed by atoms with Gasteiger partial charge in [-0.05, 0) is 37.7 Å². The average molecular weight is 519 g/mol. The van der Waals surface area contributed by atoms with Crippen LogP contribution in [0.15, 0.2) is 18.6 Å². The first kappa shape index (κ1) is 23.2. The number of thiazole rings is 1. The van der Waals surface area contributed by atoms with Crippen molar-refractivity contribution in [2.45, 2.75) is 46.0 Å². The number of H-pyrrole nitrogens is 1. The zero-order chi connectivity index (χ0) is 25.3. The van der Waals surface area contributed by atoms with Crippen molar-refractivity contribution in [1.82, 2.24) is 34.7 Å². The minimum atomic E-state index is 0.262. The number of nitrogens with one attached hydrogen (secondary N) is 1. The molecule has 4 aromatic heterocycles. The zero-order valence-electron chi connectivity index (χ0n) is 22.0. The Kier molecular flexibility index (Phi) is 5.34. The predicted molar refractivity (Wildman–Crippen MR) is 145 cm³/mol. The molecule has 3 fully saturated rings. The average Bonchev–Trinajstić information content (AvgIpc) is 3.53. The van der Waals surface area contributed by atoms with Crippen molar-refractivity contribution in [1.29, 1.82) is 0 Å². The van der Waals surface area contributed by atoms with Crippen LogP contribution in [-0.4, -0.2) is 74.5 Å². The highest BCUT2D eigenvalue weighted by Gasteiger charge is 2.52. The Hall–Kier alpha value is -2.98. The number of methoxy groups -OCH3 is 1. The van der Waals surface area contributed by atoms with Gasteiger partial charge in [-0.2, -0.15) is 10.2 Å². The van der Waals surface area contributed by atoms with E-state index in [0.29, 0.717) is 16.8 Å². The summed E-state index contributed by atoms with van der Waals surface area (Å²) < 4.78 is 7.34. The van der Waals surface area contributed by atoms with Crippen molar-refractivity contribution in [2.24, 2.45) is 11.3 Å². The largest absolute Gasteiger partial charge is 0.493 e. The van der Waals surface area contributed by atoms with Crippen LogP contribution in [0.5, 0.6) is 5.75 Å². The topological polar surface area (TPSA) is 87.5 Å². The first-order chi connectivity index (χ1) is 17.9. The van der Waals surface area contributed by atoms with E-state index < -0.39 is 0 Å². The van der Waals surface area contributed by atoms with Crippen LogP contribution in [0.4, 0.5) is 5.00 Å². The fraction of sp³-hybridized carbons (Fsp3) is 0.556. The molecule has 10 heteroatoms. The lowest BCUT2D eigenvalue weighted by molar-refractivity contribution is -0.0370. The van der Waals surface area contributed by atoms with Gasteiger partial charge in [0.1, 0.15) is 22.0 Å². The second kappa shape index (κ2) is 8.52. The molecule has 2 saturated heterocycles. The first-order valence-corrected chi connectivity index (χ1v) is 14.2. The normalized spacial score (nSPS) is 19.4. The molecule has 1 spiro atoms. The quantitative estimate of drug-likeness (QED) is 0.382. The highest BCUT2D eigenvalue weighted by atomic mass is 32.1. The van der Waals surface area contributed by atoms with Gasteiger partial charge in [0.2, 0.25) is 0 Å². The maximum atomic E-state index is 5.59. The van der Waals surface area contributed by atoms with Gasteiger partial charge in [-0.15, -0.1) is 0 Å². The number of aromatic nitrogens is 6. The summed E-state index contributed by atoms with van der Waals surface area (Å²) in [6.07, 6.45) is 7.83. The summed E-state index contributed by atoms with van der Waals surface area (Å²) in [7, 11) is 1.66. The number of hydrogen-bond acceptors (Lipinski definition) is 8. The van der Waals surface area contributed by atoms with Gasteiger partial charge in [0.25, 0.3) is 0 Å². The number of likely N-dealkylation sites (tertiary alicyclic amines) is 1. The van der Waals surface area contributed by atoms with Crippen LogP contribution in [0, 0.1) is 18.3 Å². The van der Waals surface area contributed by atoms with E-state index in [2.05, 4.69) is 45.8 Å². The molecule has 194 valence electrons. The van der Waals surface area contributed by atoms with E-state index in [-0.39, 0.29) is 5.92 Å². The highest BCUT2D eigenvalue weighted by Crippen LogP contribution is 2.47. The van der Waals surface area contributed by atoms with E-state index in [1.807, 2.05) is 12.3 Å². The molecule has 6 heterocycles. The van der Waals surface area contributed by atoms with Gasteiger partial charge in [0.15, 0.2) is 11.4 Å². The Morgan fingerprint density at radius 2 is 2.03 bits per heavy atom. The summed E-state index contributed by atoms with van der Waals surface area (Å²) in [4.78, 5) is 14.5. The van der Waals surface area contributed by atoms with Crippen molar-refractivity contribution in [2.75, 3.05) is 44.7 Å². The molecule has 0 aromatic carbocycles. The lowest BCUT2D eigenvalue weighted by atomic mass is 9.72. The summed E-state index contributed by atoms with van der Waals surface area (Å²) in [5.74, 6) is 1.91. The van der Waals surface area contributed by atoms with Crippen molar-refractivity contribution >= 4 is 22.0 Å². The van der Waals surface area contributed by atoms with Gasteiger partial charge >= 0.3 is 0 Å². The number of ether oxygens (including phenoxy) is 1. The maximum Gasteiger partial charge on any atom is 0.197 e. The van der Waals surface area contributed by atoms with Crippen LogP contribution in [0.1, 0.15) is 50.3 Å². The van der Waals surface area contributed by atoms with Crippen LogP contribution >= 0.6 is 11.3 Å². The lowest BCUT2D eigenvalue weighted by Crippen LogP contribution is -2.72. The van der Waals surface area contributed by atoms with E-state index in [0.717, 1.165) is 52.2 Å². The predicted octanol–water partition coefficient (Wildman–Crippen LogP) is 4.61. The molecule has 1 saturated carbocycles. The van der Waals surface area contributed by atoms with Gasteiger partial charge in [-0.1, -0.05) is 31.6 Å². The fourth-order valence-corrected chi connectivity index (χ4v) is 7.51. The Labute approximate surface area is 220 Å². The summed E-state index contributed by atoms with van der Waals surface area (Å²) in [6.45, 7) is 12.7. The SMILES string of the molecule is COc1cc(-c2[nH]nc(-c3nc(C)c(N4CC5(CN(CC6CCC6)C5)C4)s3)c2C(C)C)cn2ncnc12. The molecule has 2 aliphatic heterocycles.